The Kier molecular flexibility index (Phi) is 5.49. The molecule has 0 spiro atoms. The molecule has 2 rings (SSSR count). The molecule has 22 heavy (non-hydrogen) atoms. The maximum absolute atomic E-state index is 13.1. The second kappa shape index (κ2) is 7.56. The highest BCUT2D eigenvalue weighted by atomic mass is 19.1. The van der Waals surface area contributed by atoms with Crippen LogP contribution in [0.3, 0.4) is 0 Å². The third-order valence-corrected chi connectivity index (χ3v) is 3.09. The summed E-state index contributed by atoms with van der Waals surface area (Å²) in [5.74, 6) is -0.0497. The van der Waals surface area contributed by atoms with Crippen LogP contribution in [0.4, 0.5) is 10.1 Å². The summed E-state index contributed by atoms with van der Waals surface area (Å²) in [7, 11) is 1.57. The summed E-state index contributed by atoms with van der Waals surface area (Å²) in [6.45, 7) is 2.83. The lowest BCUT2D eigenvalue weighted by molar-refractivity contribution is 0.102. The number of nitrogens with one attached hydrogen (secondary N) is 1. The average Bonchev–Trinajstić information content (AvgIpc) is 2.52. The van der Waals surface area contributed by atoms with E-state index in [1.807, 2.05) is 6.92 Å². The Labute approximate surface area is 128 Å². The molecule has 0 aliphatic carbocycles. The van der Waals surface area contributed by atoms with Crippen molar-refractivity contribution in [1.29, 1.82) is 0 Å². The zero-order valence-corrected chi connectivity index (χ0v) is 12.6. The van der Waals surface area contributed by atoms with Crippen molar-refractivity contribution in [3.05, 3.63) is 59.4 Å². The van der Waals surface area contributed by atoms with Crippen LogP contribution in [0.2, 0.25) is 0 Å². The normalized spacial score (nSPS) is 10.3. The van der Waals surface area contributed by atoms with Gasteiger partial charge in [-0.1, -0.05) is 6.07 Å². The third-order valence-electron chi connectivity index (χ3n) is 3.09. The molecule has 0 atom stereocenters. The van der Waals surface area contributed by atoms with Crippen molar-refractivity contribution in [1.82, 2.24) is 0 Å². The maximum Gasteiger partial charge on any atom is 0.255 e. The Hall–Kier alpha value is -2.40. The predicted octanol–water partition coefficient (Wildman–Crippen LogP) is 3.62. The lowest BCUT2D eigenvalue weighted by Gasteiger charge is -2.11. The molecule has 2 aromatic rings. The topological polar surface area (TPSA) is 47.6 Å². The minimum Gasteiger partial charge on any atom is -0.496 e. The number of ether oxygens (including phenoxy) is 2. The largest absolute Gasteiger partial charge is 0.496 e. The Balaban J connectivity index is 2.18. The summed E-state index contributed by atoms with van der Waals surface area (Å²) in [4.78, 5) is 12.2. The van der Waals surface area contributed by atoms with Gasteiger partial charge in [0.1, 0.15) is 11.6 Å². The van der Waals surface area contributed by atoms with Crippen molar-refractivity contribution in [2.75, 3.05) is 19.0 Å². The molecule has 0 bridgehead atoms. The van der Waals surface area contributed by atoms with Gasteiger partial charge in [-0.2, -0.15) is 0 Å². The first-order valence-electron chi connectivity index (χ1n) is 6.95. The molecule has 0 saturated carbocycles. The van der Waals surface area contributed by atoms with Crippen LogP contribution in [0.5, 0.6) is 5.75 Å². The van der Waals surface area contributed by atoms with Gasteiger partial charge in [-0.25, -0.2) is 4.39 Å². The first-order valence-corrected chi connectivity index (χ1v) is 6.95. The number of carbonyl (C=O) groups is 1. The van der Waals surface area contributed by atoms with E-state index in [0.29, 0.717) is 30.2 Å². The van der Waals surface area contributed by atoms with E-state index in [9.17, 15) is 9.18 Å². The first-order chi connectivity index (χ1) is 10.6. The molecule has 0 fully saturated rings. The van der Waals surface area contributed by atoms with Crippen LogP contribution in [0, 0.1) is 5.82 Å². The van der Waals surface area contributed by atoms with Crippen molar-refractivity contribution in [2.45, 2.75) is 13.5 Å². The number of hydrogen-bond acceptors (Lipinski definition) is 3. The van der Waals surface area contributed by atoms with Gasteiger partial charge in [0.25, 0.3) is 5.91 Å². The molecule has 5 heteroatoms. The molecule has 4 nitrogen and oxygen atoms in total. The fourth-order valence-corrected chi connectivity index (χ4v) is 2.01. The van der Waals surface area contributed by atoms with Gasteiger partial charge < -0.3 is 14.8 Å². The van der Waals surface area contributed by atoms with E-state index < -0.39 is 5.82 Å². The molecule has 0 aliphatic heterocycles. The second-order valence-corrected chi connectivity index (χ2v) is 4.63. The number of carbonyl (C=O) groups excluding carboxylic acids is 1. The molecular weight excluding hydrogens is 285 g/mol. The highest BCUT2D eigenvalue weighted by Gasteiger charge is 2.11. The summed E-state index contributed by atoms with van der Waals surface area (Å²) < 4.78 is 23.8. The molecule has 0 unspecified atom stereocenters. The SMILES string of the molecule is CCOCc1cc(C(=O)Nc2cccc(F)c2)ccc1OC. The van der Waals surface area contributed by atoms with E-state index >= 15 is 0 Å². The Morgan fingerprint density at radius 2 is 2.05 bits per heavy atom. The summed E-state index contributed by atoms with van der Waals surface area (Å²) in [5.41, 5.74) is 1.66. The minimum atomic E-state index is -0.399. The average molecular weight is 303 g/mol. The van der Waals surface area contributed by atoms with Gasteiger partial charge in [-0.15, -0.1) is 0 Å². The molecule has 2 aromatic carbocycles. The number of halogens is 1. The summed E-state index contributed by atoms with van der Waals surface area (Å²) in [5, 5.41) is 2.66. The van der Waals surface area contributed by atoms with Crippen molar-refractivity contribution in [3.63, 3.8) is 0 Å². The zero-order valence-electron chi connectivity index (χ0n) is 12.6. The predicted molar refractivity (Wildman–Crippen MR) is 82.7 cm³/mol. The van der Waals surface area contributed by atoms with Crippen LogP contribution < -0.4 is 10.1 Å². The lowest BCUT2D eigenvalue weighted by Crippen LogP contribution is -2.12. The van der Waals surface area contributed by atoms with Crippen molar-refractivity contribution < 1.29 is 18.7 Å². The van der Waals surface area contributed by atoms with Crippen LogP contribution in [0.25, 0.3) is 0 Å². The lowest BCUT2D eigenvalue weighted by atomic mass is 10.1. The standard InChI is InChI=1S/C17H18FNO3/c1-3-22-11-13-9-12(7-8-16(13)21-2)17(20)19-15-6-4-5-14(18)10-15/h4-10H,3,11H2,1-2H3,(H,19,20). The summed E-state index contributed by atoms with van der Waals surface area (Å²) in [6, 6.07) is 10.8. The number of amides is 1. The van der Waals surface area contributed by atoms with E-state index in [-0.39, 0.29) is 5.91 Å². The van der Waals surface area contributed by atoms with Gasteiger partial charge in [0, 0.05) is 23.4 Å². The summed E-state index contributed by atoms with van der Waals surface area (Å²) >= 11 is 0. The van der Waals surface area contributed by atoms with Gasteiger partial charge in [-0.3, -0.25) is 4.79 Å². The van der Waals surface area contributed by atoms with Crippen LogP contribution >= 0.6 is 0 Å². The van der Waals surface area contributed by atoms with E-state index in [2.05, 4.69) is 5.32 Å². The second-order valence-electron chi connectivity index (χ2n) is 4.63. The van der Waals surface area contributed by atoms with Crippen LogP contribution in [0.15, 0.2) is 42.5 Å². The third kappa shape index (κ3) is 4.05. The molecule has 0 radical (unpaired) electrons. The van der Waals surface area contributed by atoms with Crippen molar-refractivity contribution in [2.24, 2.45) is 0 Å². The van der Waals surface area contributed by atoms with Gasteiger partial charge >= 0.3 is 0 Å². The van der Waals surface area contributed by atoms with Crippen LogP contribution in [-0.2, 0) is 11.3 Å². The quantitative estimate of drug-likeness (QED) is 0.886. The van der Waals surface area contributed by atoms with Gasteiger partial charge in [-0.05, 0) is 43.3 Å². The molecule has 1 N–H and O–H groups in total. The number of rotatable bonds is 6. The molecular formula is C17H18FNO3. The number of methoxy groups -OCH3 is 1. The number of hydrogen-bond donors (Lipinski definition) is 1. The Morgan fingerprint density at radius 3 is 2.73 bits per heavy atom. The fraction of sp³-hybridized carbons (Fsp3) is 0.235. The van der Waals surface area contributed by atoms with E-state index in [1.165, 1.54) is 12.1 Å². The van der Waals surface area contributed by atoms with E-state index in [4.69, 9.17) is 9.47 Å². The molecule has 0 saturated heterocycles. The molecule has 1 amide bonds. The molecule has 0 aliphatic rings. The van der Waals surface area contributed by atoms with Gasteiger partial charge in [0.15, 0.2) is 0 Å². The summed E-state index contributed by atoms with van der Waals surface area (Å²) in [6.07, 6.45) is 0. The van der Waals surface area contributed by atoms with Crippen molar-refractivity contribution >= 4 is 11.6 Å². The van der Waals surface area contributed by atoms with Crippen LogP contribution in [0.1, 0.15) is 22.8 Å². The minimum absolute atomic E-state index is 0.314. The highest BCUT2D eigenvalue weighted by molar-refractivity contribution is 6.04. The smallest absolute Gasteiger partial charge is 0.255 e. The van der Waals surface area contributed by atoms with Gasteiger partial charge in [0.05, 0.1) is 13.7 Å². The Morgan fingerprint density at radius 1 is 1.23 bits per heavy atom. The van der Waals surface area contributed by atoms with E-state index in [1.54, 1.807) is 37.4 Å². The highest BCUT2D eigenvalue weighted by Crippen LogP contribution is 2.21. The first kappa shape index (κ1) is 16.0. The Bertz CT molecular complexity index is 658. The number of benzene rings is 2. The van der Waals surface area contributed by atoms with Gasteiger partial charge in [0.2, 0.25) is 0 Å². The maximum atomic E-state index is 13.1. The monoisotopic (exact) mass is 303 g/mol. The van der Waals surface area contributed by atoms with E-state index in [0.717, 1.165) is 5.56 Å². The molecule has 0 heterocycles. The van der Waals surface area contributed by atoms with Crippen molar-refractivity contribution in [3.8, 4) is 5.75 Å². The van der Waals surface area contributed by atoms with Crippen LogP contribution in [-0.4, -0.2) is 19.6 Å². The zero-order chi connectivity index (χ0) is 15.9. The number of anilines is 1. The molecule has 0 aromatic heterocycles. The molecule has 116 valence electrons. The fourth-order valence-electron chi connectivity index (χ4n) is 2.01.